The summed E-state index contributed by atoms with van der Waals surface area (Å²) in [6.07, 6.45) is 2.85. The number of aliphatic carboxylic acids is 1. The third-order valence-corrected chi connectivity index (χ3v) is 6.28. The third kappa shape index (κ3) is 5.25. The van der Waals surface area contributed by atoms with E-state index in [1.807, 2.05) is 24.3 Å². The number of fused-ring (bicyclic) bond motifs is 3. The number of nitrogens with one attached hydrogen (secondary N) is 2. The van der Waals surface area contributed by atoms with Crippen LogP contribution in [0, 0.1) is 5.92 Å². The fraction of sp³-hybridized carbons (Fsp3) is 0.346. The summed E-state index contributed by atoms with van der Waals surface area (Å²) in [5, 5.41) is 14.5. The number of carbonyl (C=O) groups is 3. The molecule has 2 amide bonds. The lowest BCUT2D eigenvalue weighted by Gasteiger charge is -2.20. The van der Waals surface area contributed by atoms with Crippen molar-refractivity contribution in [2.45, 2.75) is 43.7 Å². The average Bonchev–Trinajstić information content (AvgIpc) is 3.60. The van der Waals surface area contributed by atoms with Gasteiger partial charge in [-0.15, -0.1) is 6.58 Å². The van der Waals surface area contributed by atoms with Crippen molar-refractivity contribution in [2.24, 2.45) is 5.92 Å². The highest BCUT2D eigenvalue weighted by molar-refractivity contribution is 5.84. The van der Waals surface area contributed by atoms with Crippen LogP contribution in [-0.4, -0.2) is 41.8 Å². The summed E-state index contributed by atoms with van der Waals surface area (Å²) >= 11 is 0. The zero-order valence-corrected chi connectivity index (χ0v) is 18.3. The summed E-state index contributed by atoms with van der Waals surface area (Å²) in [6, 6.07) is 14.8. The molecule has 0 heterocycles. The summed E-state index contributed by atoms with van der Waals surface area (Å²) in [7, 11) is 0. The molecule has 2 unspecified atom stereocenters. The lowest BCUT2D eigenvalue weighted by atomic mass is 9.98. The van der Waals surface area contributed by atoms with Gasteiger partial charge in [-0.3, -0.25) is 4.79 Å². The summed E-state index contributed by atoms with van der Waals surface area (Å²) in [6.45, 7) is 3.72. The molecule has 4 rings (SSSR count). The predicted octanol–water partition coefficient (Wildman–Crippen LogP) is 3.84. The van der Waals surface area contributed by atoms with E-state index in [0.29, 0.717) is 0 Å². The number of ether oxygens (including phenoxy) is 1. The first kappa shape index (κ1) is 22.6. The first-order valence-corrected chi connectivity index (χ1v) is 11.2. The van der Waals surface area contributed by atoms with Crippen molar-refractivity contribution in [3.8, 4) is 11.1 Å². The molecular formula is C26H28N2O5. The summed E-state index contributed by atoms with van der Waals surface area (Å²) in [5.41, 5.74) is 4.57. The summed E-state index contributed by atoms with van der Waals surface area (Å²) in [5.74, 6) is -1.38. The van der Waals surface area contributed by atoms with Gasteiger partial charge in [-0.2, -0.15) is 0 Å². The lowest BCUT2D eigenvalue weighted by molar-refractivity contribution is -0.141. The van der Waals surface area contributed by atoms with Crippen LogP contribution in [-0.2, 0) is 14.3 Å². The molecule has 7 nitrogen and oxygen atoms in total. The van der Waals surface area contributed by atoms with E-state index < -0.39 is 24.0 Å². The molecule has 0 spiro atoms. The standard InChI is InChI=1S/C26H28N2O5/c1-2-7-22(25(30)31)27-24(29)14-23(16-12-13-16)28-26(32)33-15-21-19-10-5-3-8-17(19)18-9-4-6-11-20(18)21/h2-6,8-11,16,21-23H,1,7,12-15H2,(H,27,29)(H,28,32)(H,30,31). The number of alkyl carbamates (subject to hydrolysis) is 1. The molecule has 0 aliphatic heterocycles. The van der Waals surface area contributed by atoms with Crippen molar-refractivity contribution in [1.29, 1.82) is 0 Å². The van der Waals surface area contributed by atoms with E-state index in [4.69, 9.17) is 4.74 Å². The third-order valence-electron chi connectivity index (χ3n) is 6.28. The molecule has 7 heteroatoms. The molecule has 0 radical (unpaired) electrons. The van der Waals surface area contributed by atoms with Crippen molar-refractivity contribution < 1.29 is 24.2 Å². The van der Waals surface area contributed by atoms with Crippen molar-refractivity contribution in [3.05, 3.63) is 72.3 Å². The second-order valence-corrected chi connectivity index (χ2v) is 8.60. The fourth-order valence-electron chi connectivity index (χ4n) is 4.47. The van der Waals surface area contributed by atoms with Gasteiger partial charge in [0.25, 0.3) is 0 Å². The topological polar surface area (TPSA) is 105 Å². The Labute approximate surface area is 192 Å². The first-order valence-electron chi connectivity index (χ1n) is 11.2. The van der Waals surface area contributed by atoms with E-state index >= 15 is 0 Å². The second kappa shape index (κ2) is 9.90. The molecule has 2 aromatic carbocycles. The molecule has 2 aliphatic rings. The Morgan fingerprint density at radius 2 is 1.64 bits per heavy atom. The molecule has 0 bridgehead atoms. The van der Waals surface area contributed by atoms with E-state index in [2.05, 4.69) is 41.5 Å². The van der Waals surface area contributed by atoms with Crippen LogP contribution >= 0.6 is 0 Å². The largest absolute Gasteiger partial charge is 0.480 e. The van der Waals surface area contributed by atoms with E-state index in [-0.39, 0.29) is 37.3 Å². The van der Waals surface area contributed by atoms with Crippen LogP contribution < -0.4 is 10.6 Å². The van der Waals surface area contributed by atoms with E-state index in [9.17, 15) is 19.5 Å². The Morgan fingerprint density at radius 3 is 2.18 bits per heavy atom. The number of rotatable bonds is 10. The van der Waals surface area contributed by atoms with Crippen molar-refractivity contribution in [3.63, 3.8) is 0 Å². The maximum atomic E-state index is 12.6. The second-order valence-electron chi connectivity index (χ2n) is 8.60. The van der Waals surface area contributed by atoms with E-state index in [1.54, 1.807) is 0 Å². The van der Waals surface area contributed by atoms with E-state index in [0.717, 1.165) is 35.1 Å². The quantitative estimate of drug-likeness (QED) is 0.479. The van der Waals surface area contributed by atoms with Gasteiger partial charge in [0.05, 0.1) is 0 Å². The van der Waals surface area contributed by atoms with Gasteiger partial charge >= 0.3 is 12.1 Å². The zero-order valence-electron chi connectivity index (χ0n) is 18.3. The maximum absolute atomic E-state index is 12.6. The maximum Gasteiger partial charge on any atom is 0.407 e. The van der Waals surface area contributed by atoms with Gasteiger partial charge in [0.2, 0.25) is 5.91 Å². The fourth-order valence-corrected chi connectivity index (χ4v) is 4.47. The van der Waals surface area contributed by atoms with Gasteiger partial charge in [-0.25, -0.2) is 9.59 Å². The highest BCUT2D eigenvalue weighted by Gasteiger charge is 2.35. The Morgan fingerprint density at radius 1 is 1.03 bits per heavy atom. The highest BCUT2D eigenvalue weighted by atomic mass is 16.5. The number of amides is 2. The van der Waals surface area contributed by atoms with Crippen LogP contribution in [0.1, 0.15) is 42.7 Å². The minimum atomic E-state index is -1.12. The zero-order chi connectivity index (χ0) is 23.4. The molecule has 1 fully saturated rings. The Bertz CT molecular complexity index is 1020. The number of carboxylic acid groups (broad SMARTS) is 1. The Balaban J connectivity index is 1.35. The number of hydrogen-bond acceptors (Lipinski definition) is 4. The molecule has 2 aliphatic carbocycles. The minimum Gasteiger partial charge on any atom is -0.480 e. The lowest BCUT2D eigenvalue weighted by Crippen LogP contribution is -2.45. The normalized spacial score (nSPS) is 16.1. The van der Waals surface area contributed by atoms with Gasteiger partial charge in [0.15, 0.2) is 0 Å². The van der Waals surface area contributed by atoms with E-state index in [1.165, 1.54) is 6.08 Å². The summed E-state index contributed by atoms with van der Waals surface area (Å²) < 4.78 is 5.60. The van der Waals surface area contributed by atoms with Gasteiger partial charge in [-0.1, -0.05) is 54.6 Å². The van der Waals surface area contributed by atoms with Crippen molar-refractivity contribution in [2.75, 3.05) is 6.61 Å². The SMILES string of the molecule is C=CCC(NC(=O)CC(NC(=O)OCC1c2ccccc2-c2ccccc21)C1CC1)C(=O)O. The minimum absolute atomic E-state index is 0.00971. The van der Waals surface area contributed by atoms with Crippen LogP contribution in [0.2, 0.25) is 0 Å². The van der Waals surface area contributed by atoms with Gasteiger partial charge < -0.3 is 20.5 Å². The van der Waals surface area contributed by atoms with Crippen LogP contribution in [0.3, 0.4) is 0 Å². The smallest absolute Gasteiger partial charge is 0.407 e. The Kier molecular flexibility index (Phi) is 6.77. The molecule has 33 heavy (non-hydrogen) atoms. The summed E-state index contributed by atoms with van der Waals surface area (Å²) in [4.78, 5) is 36.3. The van der Waals surface area contributed by atoms with Gasteiger partial charge in [-0.05, 0) is 47.4 Å². The Hall–Kier alpha value is -3.61. The number of benzene rings is 2. The number of carbonyl (C=O) groups excluding carboxylic acids is 2. The molecule has 2 aromatic rings. The first-order chi connectivity index (χ1) is 16.0. The molecule has 0 aromatic heterocycles. The van der Waals surface area contributed by atoms with Crippen molar-refractivity contribution >= 4 is 18.0 Å². The van der Waals surface area contributed by atoms with Crippen LogP contribution in [0.4, 0.5) is 4.79 Å². The van der Waals surface area contributed by atoms with Gasteiger partial charge in [0, 0.05) is 18.4 Å². The highest BCUT2D eigenvalue weighted by Crippen LogP contribution is 2.44. The number of hydrogen-bond donors (Lipinski definition) is 3. The van der Waals surface area contributed by atoms with Crippen molar-refractivity contribution in [1.82, 2.24) is 10.6 Å². The molecular weight excluding hydrogens is 420 g/mol. The average molecular weight is 449 g/mol. The van der Waals surface area contributed by atoms with Crippen LogP contribution in [0.25, 0.3) is 11.1 Å². The monoisotopic (exact) mass is 448 g/mol. The van der Waals surface area contributed by atoms with Crippen LogP contribution in [0.5, 0.6) is 0 Å². The van der Waals surface area contributed by atoms with Crippen LogP contribution in [0.15, 0.2) is 61.2 Å². The predicted molar refractivity (Wildman–Crippen MR) is 124 cm³/mol. The molecule has 2 atom stereocenters. The molecule has 172 valence electrons. The molecule has 1 saturated carbocycles. The number of carboxylic acids is 1. The molecule has 3 N–H and O–H groups in total. The molecule has 0 saturated heterocycles. The van der Waals surface area contributed by atoms with Gasteiger partial charge in [0.1, 0.15) is 12.6 Å².